The predicted molar refractivity (Wildman–Crippen MR) is 73.2 cm³/mol. The summed E-state index contributed by atoms with van der Waals surface area (Å²) in [7, 11) is 1.26. The van der Waals surface area contributed by atoms with Crippen molar-refractivity contribution >= 4 is 29.1 Å². The van der Waals surface area contributed by atoms with Gasteiger partial charge >= 0.3 is 5.97 Å². The Morgan fingerprint density at radius 1 is 1.55 bits per heavy atom. The van der Waals surface area contributed by atoms with Crippen LogP contribution in [0, 0.1) is 0 Å². The standard InChI is InChI=1S/C13H16N2O4S/c1-19-12(17)8-10-13(18)14-4-5-15(10)11(16)7-9-3-2-6-20-9/h2-3,6,10H,4-5,7-8H2,1H3,(H,14,18). The molecule has 0 spiro atoms. The zero-order valence-corrected chi connectivity index (χ0v) is 11.9. The molecule has 0 saturated carbocycles. The first-order chi connectivity index (χ1) is 9.61. The van der Waals surface area contributed by atoms with E-state index in [1.807, 2.05) is 17.5 Å². The molecule has 0 radical (unpaired) electrons. The number of methoxy groups -OCH3 is 1. The highest BCUT2D eigenvalue weighted by molar-refractivity contribution is 7.10. The Morgan fingerprint density at radius 2 is 2.35 bits per heavy atom. The lowest BCUT2D eigenvalue weighted by molar-refractivity contribution is -0.150. The first-order valence-corrected chi connectivity index (χ1v) is 7.16. The van der Waals surface area contributed by atoms with Crippen LogP contribution >= 0.6 is 11.3 Å². The smallest absolute Gasteiger partial charge is 0.308 e. The van der Waals surface area contributed by atoms with Crippen molar-refractivity contribution in [2.24, 2.45) is 0 Å². The van der Waals surface area contributed by atoms with Crippen molar-refractivity contribution in [1.82, 2.24) is 10.2 Å². The minimum absolute atomic E-state index is 0.113. The number of nitrogens with one attached hydrogen (secondary N) is 1. The highest BCUT2D eigenvalue weighted by Gasteiger charge is 2.34. The number of hydrogen-bond acceptors (Lipinski definition) is 5. The lowest BCUT2D eigenvalue weighted by Gasteiger charge is -2.34. The van der Waals surface area contributed by atoms with Crippen LogP contribution in [-0.4, -0.2) is 48.9 Å². The first-order valence-electron chi connectivity index (χ1n) is 6.28. The van der Waals surface area contributed by atoms with E-state index in [2.05, 4.69) is 10.1 Å². The Labute approximate surface area is 120 Å². The molecule has 1 aliphatic rings. The monoisotopic (exact) mass is 296 g/mol. The van der Waals surface area contributed by atoms with Gasteiger partial charge in [-0.1, -0.05) is 6.07 Å². The number of nitrogens with zero attached hydrogens (tertiary/aromatic N) is 1. The number of thiophene rings is 1. The van der Waals surface area contributed by atoms with Gasteiger partial charge in [0.05, 0.1) is 20.0 Å². The quantitative estimate of drug-likeness (QED) is 0.804. The molecule has 2 amide bonds. The van der Waals surface area contributed by atoms with Crippen molar-refractivity contribution in [1.29, 1.82) is 0 Å². The fourth-order valence-electron chi connectivity index (χ4n) is 2.12. The number of esters is 1. The van der Waals surface area contributed by atoms with Gasteiger partial charge in [-0.25, -0.2) is 0 Å². The molecule has 0 aliphatic carbocycles. The summed E-state index contributed by atoms with van der Waals surface area (Å²) >= 11 is 1.50. The van der Waals surface area contributed by atoms with Crippen molar-refractivity contribution < 1.29 is 19.1 Å². The van der Waals surface area contributed by atoms with Gasteiger partial charge < -0.3 is 15.0 Å². The van der Waals surface area contributed by atoms with Crippen molar-refractivity contribution in [2.45, 2.75) is 18.9 Å². The van der Waals surface area contributed by atoms with Crippen LogP contribution < -0.4 is 5.32 Å². The summed E-state index contributed by atoms with van der Waals surface area (Å²) < 4.78 is 4.58. The third kappa shape index (κ3) is 3.36. The fourth-order valence-corrected chi connectivity index (χ4v) is 2.82. The summed E-state index contributed by atoms with van der Waals surface area (Å²) in [4.78, 5) is 37.9. The second-order valence-electron chi connectivity index (χ2n) is 4.43. The Kier molecular flexibility index (Phi) is 4.73. The number of hydrogen-bond donors (Lipinski definition) is 1. The second-order valence-corrected chi connectivity index (χ2v) is 5.46. The topological polar surface area (TPSA) is 75.7 Å². The van der Waals surface area contributed by atoms with E-state index >= 15 is 0 Å². The zero-order chi connectivity index (χ0) is 14.5. The normalized spacial score (nSPS) is 18.6. The molecule has 108 valence electrons. The molecule has 2 heterocycles. The predicted octanol–water partition coefficient (Wildman–Crippen LogP) is 0.181. The largest absolute Gasteiger partial charge is 0.469 e. The van der Waals surface area contributed by atoms with Crippen LogP contribution in [0.15, 0.2) is 17.5 Å². The van der Waals surface area contributed by atoms with Gasteiger partial charge in [-0.15, -0.1) is 11.3 Å². The molecule has 1 aliphatic heterocycles. The lowest BCUT2D eigenvalue weighted by Crippen LogP contribution is -2.58. The minimum atomic E-state index is -0.774. The molecule has 2 rings (SSSR count). The van der Waals surface area contributed by atoms with E-state index < -0.39 is 12.0 Å². The van der Waals surface area contributed by atoms with Gasteiger partial charge in [0, 0.05) is 18.0 Å². The van der Waals surface area contributed by atoms with Crippen LogP contribution in [0.2, 0.25) is 0 Å². The maximum absolute atomic E-state index is 12.3. The van der Waals surface area contributed by atoms with Crippen LogP contribution in [0.5, 0.6) is 0 Å². The van der Waals surface area contributed by atoms with Crippen molar-refractivity contribution in [2.75, 3.05) is 20.2 Å². The first kappa shape index (κ1) is 14.5. The Balaban J connectivity index is 2.07. The number of rotatable bonds is 4. The molecule has 1 fully saturated rings. The van der Waals surface area contributed by atoms with E-state index in [-0.39, 0.29) is 24.7 Å². The number of carbonyl (C=O) groups excluding carboxylic acids is 3. The van der Waals surface area contributed by atoms with Gasteiger partial charge in [-0.3, -0.25) is 14.4 Å². The third-order valence-electron chi connectivity index (χ3n) is 3.14. The molecule has 1 N–H and O–H groups in total. The van der Waals surface area contributed by atoms with Gasteiger partial charge in [-0.2, -0.15) is 0 Å². The highest BCUT2D eigenvalue weighted by atomic mass is 32.1. The van der Waals surface area contributed by atoms with Gasteiger partial charge in [0.2, 0.25) is 11.8 Å². The van der Waals surface area contributed by atoms with E-state index in [1.165, 1.54) is 23.3 Å². The van der Waals surface area contributed by atoms with E-state index in [4.69, 9.17) is 0 Å². The number of ether oxygens (including phenoxy) is 1. The Morgan fingerprint density at radius 3 is 3.00 bits per heavy atom. The van der Waals surface area contributed by atoms with Crippen LogP contribution in [0.1, 0.15) is 11.3 Å². The molecule has 1 saturated heterocycles. The molecule has 6 nitrogen and oxygen atoms in total. The maximum atomic E-state index is 12.3. The van der Waals surface area contributed by atoms with E-state index in [9.17, 15) is 14.4 Å². The average Bonchev–Trinajstić information content (AvgIpc) is 2.93. The number of carbonyl (C=O) groups is 3. The van der Waals surface area contributed by atoms with Crippen molar-refractivity contribution in [3.8, 4) is 0 Å². The molecule has 7 heteroatoms. The molecule has 0 aromatic carbocycles. The van der Waals surface area contributed by atoms with Crippen LogP contribution in [0.4, 0.5) is 0 Å². The van der Waals surface area contributed by atoms with E-state index in [0.29, 0.717) is 13.1 Å². The Hall–Kier alpha value is -1.89. The summed E-state index contributed by atoms with van der Waals surface area (Å²) in [5.74, 6) is -0.946. The molecule has 0 bridgehead atoms. The number of piperazine rings is 1. The molecular formula is C13H16N2O4S. The van der Waals surface area contributed by atoms with Crippen LogP contribution in [-0.2, 0) is 25.5 Å². The summed E-state index contributed by atoms with van der Waals surface area (Å²) in [6.45, 7) is 0.824. The molecule has 1 atom stereocenters. The molecule has 1 aromatic heterocycles. The van der Waals surface area contributed by atoms with Gasteiger partial charge in [0.25, 0.3) is 0 Å². The lowest BCUT2D eigenvalue weighted by atomic mass is 10.1. The molecule has 1 aromatic rings. The van der Waals surface area contributed by atoms with Crippen molar-refractivity contribution in [3.63, 3.8) is 0 Å². The van der Waals surface area contributed by atoms with Crippen LogP contribution in [0.25, 0.3) is 0 Å². The van der Waals surface area contributed by atoms with E-state index in [0.717, 1.165) is 4.88 Å². The summed E-state index contributed by atoms with van der Waals surface area (Å²) in [6, 6.07) is 2.98. The molecular weight excluding hydrogens is 280 g/mol. The fraction of sp³-hybridized carbons (Fsp3) is 0.462. The molecule has 1 unspecified atom stereocenters. The summed E-state index contributed by atoms with van der Waals surface area (Å²) in [6.07, 6.45) is 0.140. The average molecular weight is 296 g/mol. The van der Waals surface area contributed by atoms with Crippen molar-refractivity contribution in [3.05, 3.63) is 22.4 Å². The van der Waals surface area contributed by atoms with Crippen LogP contribution in [0.3, 0.4) is 0 Å². The SMILES string of the molecule is COC(=O)CC1C(=O)NCCN1C(=O)Cc1cccs1. The maximum Gasteiger partial charge on any atom is 0.308 e. The van der Waals surface area contributed by atoms with Gasteiger partial charge in [0.1, 0.15) is 6.04 Å². The zero-order valence-electron chi connectivity index (χ0n) is 11.1. The third-order valence-corrected chi connectivity index (χ3v) is 4.02. The van der Waals surface area contributed by atoms with Gasteiger partial charge in [0.15, 0.2) is 0 Å². The Bertz CT molecular complexity index is 500. The number of amides is 2. The summed E-state index contributed by atoms with van der Waals surface area (Å²) in [5.41, 5.74) is 0. The summed E-state index contributed by atoms with van der Waals surface area (Å²) in [5, 5.41) is 4.57. The van der Waals surface area contributed by atoms with Gasteiger partial charge in [-0.05, 0) is 11.4 Å². The minimum Gasteiger partial charge on any atom is -0.469 e. The molecule has 20 heavy (non-hydrogen) atoms. The second kappa shape index (κ2) is 6.51. The highest BCUT2D eigenvalue weighted by Crippen LogP contribution is 2.15. The van der Waals surface area contributed by atoms with E-state index in [1.54, 1.807) is 0 Å².